The fourth-order valence-corrected chi connectivity index (χ4v) is 4.20. The number of hydrogen-bond acceptors (Lipinski definition) is 5. The van der Waals surface area contributed by atoms with E-state index < -0.39 is 27.6 Å². The molecule has 24 heavy (non-hydrogen) atoms. The maximum atomic E-state index is 13.2. The molecule has 0 saturated heterocycles. The SMILES string of the molecule is CS(=O)(=O)N1CCc2nc(NC(=O)c3ccc(F)c(F)c3)sc2C1. The van der Waals surface area contributed by atoms with Gasteiger partial charge in [0.05, 0.1) is 11.9 Å². The van der Waals surface area contributed by atoms with Gasteiger partial charge in [-0.3, -0.25) is 10.1 Å². The quantitative estimate of drug-likeness (QED) is 0.892. The van der Waals surface area contributed by atoms with Crippen LogP contribution >= 0.6 is 11.3 Å². The van der Waals surface area contributed by atoms with Gasteiger partial charge in [0, 0.05) is 30.0 Å². The molecule has 0 radical (unpaired) electrons. The molecule has 6 nitrogen and oxygen atoms in total. The molecule has 2 heterocycles. The lowest BCUT2D eigenvalue weighted by Gasteiger charge is -2.23. The third-order valence-electron chi connectivity index (χ3n) is 3.57. The van der Waals surface area contributed by atoms with Crippen molar-refractivity contribution in [1.29, 1.82) is 0 Å². The van der Waals surface area contributed by atoms with Crippen molar-refractivity contribution in [3.8, 4) is 0 Å². The fraction of sp³-hybridized carbons (Fsp3) is 0.286. The number of anilines is 1. The van der Waals surface area contributed by atoms with Crippen LogP contribution in [0.25, 0.3) is 0 Å². The van der Waals surface area contributed by atoms with E-state index in [4.69, 9.17) is 0 Å². The molecule has 0 atom stereocenters. The molecule has 1 aliphatic rings. The first-order chi connectivity index (χ1) is 11.2. The van der Waals surface area contributed by atoms with E-state index in [0.717, 1.165) is 29.0 Å². The summed E-state index contributed by atoms with van der Waals surface area (Å²) < 4.78 is 50.6. The molecule has 0 saturated carbocycles. The molecule has 0 aliphatic carbocycles. The van der Waals surface area contributed by atoms with E-state index >= 15 is 0 Å². The fourth-order valence-electron chi connectivity index (χ4n) is 2.32. The van der Waals surface area contributed by atoms with Crippen LogP contribution in [0.15, 0.2) is 18.2 Å². The van der Waals surface area contributed by atoms with Gasteiger partial charge in [0.15, 0.2) is 16.8 Å². The molecule has 10 heteroatoms. The van der Waals surface area contributed by atoms with Crippen LogP contribution in [0, 0.1) is 11.6 Å². The van der Waals surface area contributed by atoms with Crippen LogP contribution in [0.5, 0.6) is 0 Å². The topological polar surface area (TPSA) is 79.4 Å². The van der Waals surface area contributed by atoms with Crippen molar-refractivity contribution in [3.05, 3.63) is 46.0 Å². The summed E-state index contributed by atoms with van der Waals surface area (Å²) >= 11 is 1.17. The highest BCUT2D eigenvalue weighted by Gasteiger charge is 2.26. The van der Waals surface area contributed by atoms with Gasteiger partial charge in [0.25, 0.3) is 5.91 Å². The number of rotatable bonds is 3. The van der Waals surface area contributed by atoms with Crippen LogP contribution in [0.4, 0.5) is 13.9 Å². The molecule has 1 N–H and O–H groups in total. The molecule has 2 aromatic rings. The standard InChI is InChI=1S/C14H13F2N3O3S2/c1-24(21,22)19-5-4-11-12(7-19)23-14(17-11)18-13(20)8-2-3-9(15)10(16)6-8/h2-3,6H,4-5,7H2,1H3,(H,17,18,20). The van der Waals surface area contributed by atoms with Gasteiger partial charge in [0.1, 0.15) is 0 Å². The zero-order valence-corrected chi connectivity index (χ0v) is 14.2. The molecule has 128 valence electrons. The summed E-state index contributed by atoms with van der Waals surface area (Å²) in [7, 11) is -3.29. The second kappa shape index (κ2) is 6.19. The van der Waals surface area contributed by atoms with Crippen molar-refractivity contribution < 1.29 is 22.0 Å². The molecule has 0 bridgehead atoms. The molecule has 0 unspecified atom stereocenters. The first kappa shape index (κ1) is 16.9. The van der Waals surface area contributed by atoms with E-state index in [9.17, 15) is 22.0 Å². The second-order valence-electron chi connectivity index (χ2n) is 5.32. The Morgan fingerprint density at radius 3 is 2.75 bits per heavy atom. The van der Waals surface area contributed by atoms with E-state index in [-0.39, 0.29) is 12.1 Å². The van der Waals surface area contributed by atoms with Gasteiger partial charge in [-0.15, -0.1) is 11.3 Å². The van der Waals surface area contributed by atoms with Gasteiger partial charge in [-0.05, 0) is 18.2 Å². The number of carbonyl (C=O) groups is 1. The summed E-state index contributed by atoms with van der Waals surface area (Å²) in [6.45, 7) is 0.555. The molecular formula is C14H13F2N3O3S2. The highest BCUT2D eigenvalue weighted by atomic mass is 32.2. The van der Waals surface area contributed by atoms with Gasteiger partial charge in [-0.2, -0.15) is 4.31 Å². The summed E-state index contributed by atoms with van der Waals surface area (Å²) in [5.74, 6) is -2.75. The van der Waals surface area contributed by atoms with E-state index in [2.05, 4.69) is 10.3 Å². The van der Waals surface area contributed by atoms with Crippen molar-refractivity contribution in [2.24, 2.45) is 0 Å². The zero-order chi connectivity index (χ0) is 17.5. The molecule has 0 spiro atoms. The van der Waals surface area contributed by atoms with E-state index in [0.29, 0.717) is 18.1 Å². The van der Waals surface area contributed by atoms with Crippen LogP contribution in [-0.2, 0) is 23.0 Å². The highest BCUT2D eigenvalue weighted by Crippen LogP contribution is 2.29. The summed E-state index contributed by atoms with van der Waals surface area (Å²) in [6, 6.07) is 2.86. The Balaban J connectivity index is 1.77. The molecule has 1 aromatic heterocycles. The van der Waals surface area contributed by atoms with Crippen LogP contribution in [-0.4, -0.2) is 36.4 Å². The number of thiazole rings is 1. The van der Waals surface area contributed by atoms with Gasteiger partial charge < -0.3 is 0 Å². The molecule has 1 aromatic carbocycles. The van der Waals surface area contributed by atoms with Crippen molar-refractivity contribution >= 4 is 32.4 Å². The predicted octanol–water partition coefficient (Wildman–Crippen LogP) is 1.99. The smallest absolute Gasteiger partial charge is 0.257 e. The Bertz CT molecular complexity index is 912. The first-order valence-corrected chi connectivity index (χ1v) is 9.60. The number of amides is 1. The maximum Gasteiger partial charge on any atom is 0.257 e. The second-order valence-corrected chi connectivity index (χ2v) is 8.38. The Hall–Kier alpha value is -1.91. The number of hydrogen-bond donors (Lipinski definition) is 1. The average Bonchev–Trinajstić information content (AvgIpc) is 2.90. The van der Waals surface area contributed by atoms with Crippen LogP contribution < -0.4 is 5.32 Å². The Morgan fingerprint density at radius 1 is 1.33 bits per heavy atom. The summed E-state index contributed by atoms with van der Waals surface area (Å²) in [6.07, 6.45) is 1.60. The lowest BCUT2D eigenvalue weighted by molar-refractivity contribution is 0.102. The number of nitrogens with zero attached hydrogens (tertiary/aromatic N) is 2. The molecule has 0 fully saturated rings. The van der Waals surface area contributed by atoms with E-state index in [1.165, 1.54) is 21.7 Å². The minimum absolute atomic E-state index is 0.0279. The van der Waals surface area contributed by atoms with Crippen molar-refractivity contribution in [1.82, 2.24) is 9.29 Å². The minimum Gasteiger partial charge on any atom is -0.298 e. The van der Waals surface area contributed by atoms with Crippen molar-refractivity contribution in [2.45, 2.75) is 13.0 Å². The van der Waals surface area contributed by atoms with Crippen LogP contribution in [0.2, 0.25) is 0 Å². The maximum absolute atomic E-state index is 13.2. The monoisotopic (exact) mass is 373 g/mol. The van der Waals surface area contributed by atoms with Crippen molar-refractivity contribution in [3.63, 3.8) is 0 Å². The Morgan fingerprint density at radius 2 is 2.08 bits per heavy atom. The number of nitrogens with one attached hydrogen (secondary N) is 1. The first-order valence-electron chi connectivity index (χ1n) is 6.94. The lowest BCUT2D eigenvalue weighted by atomic mass is 10.2. The average molecular weight is 373 g/mol. The highest BCUT2D eigenvalue weighted by molar-refractivity contribution is 7.88. The number of benzene rings is 1. The van der Waals surface area contributed by atoms with Crippen LogP contribution in [0.1, 0.15) is 20.9 Å². The Labute approximate surface area is 141 Å². The summed E-state index contributed by atoms with van der Waals surface area (Å²) in [5.41, 5.74) is 0.709. The summed E-state index contributed by atoms with van der Waals surface area (Å²) in [5, 5.41) is 2.82. The van der Waals surface area contributed by atoms with Gasteiger partial charge in [-0.25, -0.2) is 22.2 Å². The molecule has 3 rings (SSSR count). The number of aromatic nitrogens is 1. The summed E-state index contributed by atoms with van der Waals surface area (Å²) in [4.78, 5) is 17.1. The largest absolute Gasteiger partial charge is 0.298 e. The normalized spacial score (nSPS) is 15.1. The predicted molar refractivity (Wildman–Crippen MR) is 85.4 cm³/mol. The molecule has 1 amide bonds. The minimum atomic E-state index is -3.29. The number of sulfonamides is 1. The molecule has 1 aliphatic heterocycles. The van der Waals surface area contributed by atoms with Gasteiger partial charge >= 0.3 is 0 Å². The zero-order valence-electron chi connectivity index (χ0n) is 12.5. The van der Waals surface area contributed by atoms with Gasteiger partial charge in [0.2, 0.25) is 10.0 Å². The van der Waals surface area contributed by atoms with E-state index in [1.807, 2.05) is 0 Å². The number of halogens is 2. The van der Waals surface area contributed by atoms with Crippen molar-refractivity contribution in [2.75, 3.05) is 18.1 Å². The van der Waals surface area contributed by atoms with E-state index in [1.54, 1.807) is 0 Å². The number of fused-ring (bicyclic) bond motifs is 1. The third kappa shape index (κ3) is 3.45. The van der Waals surface area contributed by atoms with Gasteiger partial charge in [-0.1, -0.05) is 0 Å². The third-order valence-corrected chi connectivity index (χ3v) is 5.82. The number of carbonyl (C=O) groups excluding carboxylic acids is 1. The Kier molecular flexibility index (Phi) is 4.37. The van der Waals surface area contributed by atoms with Crippen LogP contribution in [0.3, 0.4) is 0 Å². The molecular weight excluding hydrogens is 360 g/mol. The lowest BCUT2D eigenvalue weighted by Crippen LogP contribution is -2.34.